The van der Waals surface area contributed by atoms with Crippen molar-refractivity contribution in [1.29, 1.82) is 0 Å². The first-order valence-corrected chi connectivity index (χ1v) is 5.89. The Kier molecular flexibility index (Phi) is 3.48. The lowest BCUT2D eigenvalue weighted by Crippen LogP contribution is -2.24. The van der Waals surface area contributed by atoms with E-state index >= 15 is 0 Å². The molecule has 0 radical (unpaired) electrons. The second kappa shape index (κ2) is 5.05. The molecule has 2 rings (SSSR count). The van der Waals surface area contributed by atoms with Crippen LogP contribution in [0.5, 0.6) is 0 Å². The lowest BCUT2D eigenvalue weighted by Gasteiger charge is -2.01. The first-order chi connectivity index (χ1) is 8.15. The third kappa shape index (κ3) is 3.10. The molecule has 0 bridgehead atoms. The molecule has 0 fully saturated rings. The molecule has 0 aromatic carbocycles. The molecule has 90 valence electrons. The Labute approximate surface area is 102 Å². The molecule has 2 aromatic heterocycles. The van der Waals surface area contributed by atoms with E-state index in [1.807, 2.05) is 13.8 Å². The summed E-state index contributed by atoms with van der Waals surface area (Å²) in [4.78, 5) is 12.6. The standard InChI is InChI=1S/C10H12N4O2S/c1-6-3-8(16-13-6)4-10(15)11-5-9-7(2)12-14-17-9/h3H,4-5H2,1-2H3,(H,11,15). The zero-order valence-corrected chi connectivity index (χ0v) is 10.4. The molecule has 2 aromatic rings. The lowest BCUT2D eigenvalue weighted by molar-refractivity contribution is -0.120. The summed E-state index contributed by atoms with van der Waals surface area (Å²) in [5, 5.41) is 10.4. The van der Waals surface area contributed by atoms with E-state index in [9.17, 15) is 4.79 Å². The lowest BCUT2D eigenvalue weighted by atomic mass is 10.3. The number of hydrogen-bond donors (Lipinski definition) is 1. The van der Waals surface area contributed by atoms with E-state index in [0.717, 1.165) is 16.3 Å². The molecule has 0 aliphatic rings. The summed E-state index contributed by atoms with van der Waals surface area (Å²) >= 11 is 1.29. The van der Waals surface area contributed by atoms with Gasteiger partial charge < -0.3 is 9.84 Å². The van der Waals surface area contributed by atoms with E-state index in [1.54, 1.807) is 6.07 Å². The molecule has 7 heteroatoms. The van der Waals surface area contributed by atoms with E-state index in [1.165, 1.54) is 11.5 Å². The van der Waals surface area contributed by atoms with E-state index in [4.69, 9.17) is 4.52 Å². The van der Waals surface area contributed by atoms with Gasteiger partial charge in [-0.1, -0.05) is 9.64 Å². The van der Waals surface area contributed by atoms with Crippen LogP contribution in [0.25, 0.3) is 0 Å². The predicted molar refractivity (Wildman–Crippen MR) is 61.4 cm³/mol. The summed E-state index contributed by atoms with van der Waals surface area (Å²) < 4.78 is 8.76. The minimum Gasteiger partial charge on any atom is -0.361 e. The number of nitrogens with zero attached hydrogens (tertiary/aromatic N) is 3. The van der Waals surface area contributed by atoms with Crippen molar-refractivity contribution in [3.8, 4) is 0 Å². The monoisotopic (exact) mass is 252 g/mol. The Bertz CT molecular complexity index is 520. The maximum absolute atomic E-state index is 11.6. The third-order valence-corrected chi connectivity index (χ3v) is 3.03. The number of aromatic nitrogens is 3. The zero-order chi connectivity index (χ0) is 12.3. The number of rotatable bonds is 4. The van der Waals surface area contributed by atoms with Crippen molar-refractivity contribution in [2.75, 3.05) is 0 Å². The van der Waals surface area contributed by atoms with Gasteiger partial charge in [0.25, 0.3) is 0 Å². The number of hydrogen-bond acceptors (Lipinski definition) is 6. The van der Waals surface area contributed by atoms with E-state index in [2.05, 4.69) is 20.1 Å². The van der Waals surface area contributed by atoms with Gasteiger partial charge in [-0.25, -0.2) is 0 Å². The SMILES string of the molecule is Cc1cc(CC(=O)NCc2snnc2C)on1. The van der Waals surface area contributed by atoms with Gasteiger partial charge in [0.15, 0.2) is 0 Å². The van der Waals surface area contributed by atoms with Crippen molar-refractivity contribution in [3.05, 3.63) is 28.1 Å². The molecular weight excluding hydrogens is 240 g/mol. The van der Waals surface area contributed by atoms with Crippen molar-refractivity contribution < 1.29 is 9.32 Å². The van der Waals surface area contributed by atoms with Gasteiger partial charge in [-0.15, -0.1) is 5.10 Å². The third-order valence-electron chi connectivity index (χ3n) is 2.20. The van der Waals surface area contributed by atoms with Crippen molar-refractivity contribution in [2.24, 2.45) is 0 Å². The first-order valence-electron chi connectivity index (χ1n) is 5.12. The molecule has 17 heavy (non-hydrogen) atoms. The average Bonchev–Trinajstić information content (AvgIpc) is 2.85. The highest BCUT2D eigenvalue weighted by molar-refractivity contribution is 7.05. The molecule has 0 saturated heterocycles. The topological polar surface area (TPSA) is 80.9 Å². The van der Waals surface area contributed by atoms with Crippen molar-refractivity contribution >= 4 is 17.4 Å². The summed E-state index contributed by atoms with van der Waals surface area (Å²) in [5.74, 6) is 0.466. The molecule has 1 amide bonds. The Morgan fingerprint density at radius 1 is 1.53 bits per heavy atom. The van der Waals surface area contributed by atoms with Crippen LogP contribution in [0, 0.1) is 13.8 Å². The number of carbonyl (C=O) groups excluding carboxylic acids is 1. The van der Waals surface area contributed by atoms with Gasteiger partial charge >= 0.3 is 0 Å². The maximum atomic E-state index is 11.6. The fourth-order valence-corrected chi connectivity index (χ4v) is 1.88. The van der Waals surface area contributed by atoms with E-state index < -0.39 is 0 Å². The Morgan fingerprint density at radius 3 is 2.94 bits per heavy atom. The summed E-state index contributed by atoms with van der Waals surface area (Å²) in [5.41, 5.74) is 1.63. The molecule has 0 aliphatic heterocycles. The summed E-state index contributed by atoms with van der Waals surface area (Å²) in [6.07, 6.45) is 0.201. The van der Waals surface area contributed by atoms with Gasteiger partial charge in [-0.2, -0.15) is 0 Å². The van der Waals surface area contributed by atoms with Gasteiger partial charge in [-0.3, -0.25) is 4.79 Å². The molecule has 0 unspecified atom stereocenters. The van der Waals surface area contributed by atoms with Crippen molar-refractivity contribution in [3.63, 3.8) is 0 Å². The predicted octanol–water partition coefficient (Wildman–Crippen LogP) is 1.00. The van der Waals surface area contributed by atoms with Crippen molar-refractivity contribution in [1.82, 2.24) is 20.1 Å². The van der Waals surface area contributed by atoms with Crippen LogP contribution in [-0.2, 0) is 17.8 Å². The largest absolute Gasteiger partial charge is 0.361 e. The first kappa shape index (κ1) is 11.7. The highest BCUT2D eigenvalue weighted by atomic mass is 32.1. The van der Waals surface area contributed by atoms with Gasteiger partial charge in [0.2, 0.25) is 5.91 Å². The smallest absolute Gasteiger partial charge is 0.228 e. The average molecular weight is 252 g/mol. The second-order valence-electron chi connectivity index (χ2n) is 3.67. The highest BCUT2D eigenvalue weighted by Crippen LogP contribution is 2.08. The molecule has 6 nitrogen and oxygen atoms in total. The van der Waals surface area contributed by atoms with Crippen LogP contribution in [0.1, 0.15) is 22.0 Å². The van der Waals surface area contributed by atoms with Crippen LogP contribution in [0.15, 0.2) is 10.6 Å². The summed E-state index contributed by atoms with van der Waals surface area (Å²) in [6.45, 7) is 4.14. The van der Waals surface area contributed by atoms with Gasteiger partial charge in [0.05, 0.1) is 29.2 Å². The number of amides is 1. The quantitative estimate of drug-likeness (QED) is 0.878. The molecule has 0 saturated carbocycles. The van der Waals surface area contributed by atoms with Crippen molar-refractivity contribution in [2.45, 2.75) is 26.8 Å². The zero-order valence-electron chi connectivity index (χ0n) is 9.56. The van der Waals surface area contributed by atoms with E-state index in [0.29, 0.717) is 12.3 Å². The number of nitrogens with one attached hydrogen (secondary N) is 1. The fraction of sp³-hybridized carbons (Fsp3) is 0.400. The van der Waals surface area contributed by atoms with Crippen LogP contribution < -0.4 is 5.32 Å². The Hall–Kier alpha value is -1.76. The second-order valence-corrected chi connectivity index (χ2v) is 4.51. The van der Waals surface area contributed by atoms with Crippen LogP contribution in [0.2, 0.25) is 0 Å². The van der Waals surface area contributed by atoms with E-state index in [-0.39, 0.29) is 12.3 Å². The minimum atomic E-state index is -0.103. The van der Waals surface area contributed by atoms with Crippen LogP contribution in [0.4, 0.5) is 0 Å². The van der Waals surface area contributed by atoms with Crippen LogP contribution >= 0.6 is 11.5 Å². The fourth-order valence-electron chi connectivity index (χ4n) is 1.31. The van der Waals surface area contributed by atoms with Crippen LogP contribution in [-0.4, -0.2) is 20.7 Å². The van der Waals surface area contributed by atoms with Gasteiger partial charge in [-0.05, 0) is 25.4 Å². The highest BCUT2D eigenvalue weighted by Gasteiger charge is 2.09. The Balaban J connectivity index is 1.84. The molecule has 0 atom stereocenters. The van der Waals surface area contributed by atoms with Crippen LogP contribution in [0.3, 0.4) is 0 Å². The number of aryl methyl sites for hydroxylation is 2. The van der Waals surface area contributed by atoms with Gasteiger partial charge in [0, 0.05) is 6.07 Å². The normalized spacial score (nSPS) is 10.5. The molecule has 0 spiro atoms. The summed E-state index contributed by atoms with van der Waals surface area (Å²) in [7, 11) is 0. The molecule has 2 heterocycles. The maximum Gasteiger partial charge on any atom is 0.228 e. The Morgan fingerprint density at radius 2 is 2.35 bits per heavy atom. The number of carbonyl (C=O) groups is 1. The minimum absolute atomic E-state index is 0.103. The summed E-state index contributed by atoms with van der Waals surface area (Å²) in [6, 6.07) is 1.75. The van der Waals surface area contributed by atoms with Gasteiger partial charge in [0.1, 0.15) is 5.76 Å². The molecule has 1 N–H and O–H groups in total. The molecule has 0 aliphatic carbocycles. The molecular formula is C10H12N4O2S.